The summed E-state index contributed by atoms with van der Waals surface area (Å²) in [6.07, 6.45) is -29.1. The van der Waals surface area contributed by atoms with Crippen LogP contribution in [0.3, 0.4) is 0 Å². The molecule has 48 heavy (non-hydrogen) atoms. The minimum atomic E-state index is -6.85. The molecular formula is C27H31F11N2O8. The summed E-state index contributed by atoms with van der Waals surface area (Å²) in [5.74, 6) is 1.23. The van der Waals surface area contributed by atoms with Crippen molar-refractivity contribution in [3.05, 3.63) is 36.7 Å². The van der Waals surface area contributed by atoms with Crippen LogP contribution in [0.4, 0.5) is 48.3 Å². The maximum atomic E-state index is 13.5. The van der Waals surface area contributed by atoms with E-state index in [1.807, 2.05) is 0 Å². The molecule has 0 aliphatic heterocycles. The van der Waals surface area contributed by atoms with Crippen LogP contribution in [-0.4, -0.2) is 107 Å². The third-order valence-corrected chi connectivity index (χ3v) is 5.47. The average molecular weight is 721 g/mol. The molecule has 0 radical (unpaired) electrons. The standard InChI is InChI=1S/C27H31F11N2O8/c1-41-10-11-42-12-13-43-14-15-46-21-16-39-22(40-17-21)19-4-6-20(7-5-19)45-9-3-2-8-44-18-23(28,29)47-26(35,36)27(37,38)48-25(33,34)24(30,31)32/h4-7,16-17H,2-3,8-15,18H2,1H3. The van der Waals surface area contributed by atoms with Crippen molar-refractivity contribution in [1.82, 2.24) is 9.97 Å². The first-order valence-corrected chi connectivity index (χ1v) is 13.8. The molecule has 21 heteroatoms. The smallest absolute Gasteiger partial charge is 0.483 e. The van der Waals surface area contributed by atoms with Gasteiger partial charge in [-0.3, -0.25) is 0 Å². The Morgan fingerprint density at radius 2 is 1.06 bits per heavy atom. The second-order valence-corrected chi connectivity index (χ2v) is 9.33. The molecule has 0 N–H and O–H groups in total. The fraction of sp³-hybridized carbons (Fsp3) is 0.630. The van der Waals surface area contributed by atoms with Crippen LogP contribution < -0.4 is 9.47 Å². The van der Waals surface area contributed by atoms with E-state index in [0.717, 1.165) is 0 Å². The summed E-state index contributed by atoms with van der Waals surface area (Å²) in [7, 11) is 1.58. The molecule has 2 rings (SSSR count). The largest absolute Gasteiger partial charge is 0.494 e. The molecule has 0 aliphatic rings. The zero-order chi connectivity index (χ0) is 35.9. The third kappa shape index (κ3) is 14.2. The fourth-order valence-electron chi connectivity index (χ4n) is 3.16. The van der Waals surface area contributed by atoms with Gasteiger partial charge in [0, 0.05) is 19.3 Å². The molecule has 1 aromatic heterocycles. The van der Waals surface area contributed by atoms with Gasteiger partial charge in [0.1, 0.15) is 19.0 Å². The van der Waals surface area contributed by atoms with E-state index in [4.69, 9.17) is 23.7 Å². The second-order valence-electron chi connectivity index (χ2n) is 9.33. The van der Waals surface area contributed by atoms with Crippen LogP contribution >= 0.6 is 0 Å². The van der Waals surface area contributed by atoms with E-state index in [-0.39, 0.29) is 26.1 Å². The van der Waals surface area contributed by atoms with Crippen LogP contribution in [0, 0.1) is 0 Å². The number of hydrogen-bond donors (Lipinski definition) is 0. The quantitative estimate of drug-likeness (QED) is 0.0903. The SMILES string of the molecule is COCCOCCOCCOc1cnc(-c2ccc(OCCCCOCC(F)(F)OC(F)(F)C(F)(F)OC(F)(F)C(F)(F)F)cc2)nc1. The summed E-state index contributed by atoms with van der Waals surface area (Å²) >= 11 is 0. The zero-order valence-corrected chi connectivity index (χ0v) is 25.1. The first kappa shape index (κ1) is 41.1. The first-order chi connectivity index (χ1) is 22.4. The van der Waals surface area contributed by atoms with Gasteiger partial charge in [-0.15, -0.1) is 0 Å². The monoisotopic (exact) mass is 720 g/mol. The second kappa shape index (κ2) is 18.6. The summed E-state index contributed by atoms with van der Waals surface area (Å²) in [5, 5.41) is 0. The highest BCUT2D eigenvalue weighted by atomic mass is 19.4. The maximum Gasteiger partial charge on any atom is 0.483 e. The van der Waals surface area contributed by atoms with E-state index in [0.29, 0.717) is 55.9 Å². The summed E-state index contributed by atoms with van der Waals surface area (Å²) < 4.78 is 176. The lowest BCUT2D eigenvalue weighted by Crippen LogP contribution is -2.55. The van der Waals surface area contributed by atoms with Gasteiger partial charge in [-0.1, -0.05) is 0 Å². The van der Waals surface area contributed by atoms with Crippen LogP contribution in [0.25, 0.3) is 11.4 Å². The Balaban J connectivity index is 1.65. The number of nitrogens with zero attached hydrogens (tertiary/aromatic N) is 2. The van der Waals surface area contributed by atoms with Gasteiger partial charge >= 0.3 is 30.6 Å². The van der Waals surface area contributed by atoms with E-state index >= 15 is 0 Å². The molecule has 0 spiro atoms. The minimum absolute atomic E-state index is 0.000680. The van der Waals surface area contributed by atoms with E-state index in [1.54, 1.807) is 36.1 Å². The molecule has 10 nitrogen and oxygen atoms in total. The summed E-state index contributed by atoms with van der Waals surface area (Å²) in [6, 6.07) is 6.51. The molecule has 0 fully saturated rings. The number of ether oxygens (including phenoxy) is 8. The number of methoxy groups -OCH3 is 1. The Hall–Kier alpha value is -3.11. The normalized spacial score (nSPS) is 13.2. The highest BCUT2D eigenvalue weighted by Gasteiger charge is 2.72. The molecule has 0 amide bonds. The Kier molecular flexibility index (Phi) is 15.9. The molecular weight excluding hydrogens is 689 g/mol. The molecule has 2 aromatic rings. The fourth-order valence-corrected chi connectivity index (χ4v) is 3.16. The zero-order valence-electron chi connectivity index (χ0n) is 25.1. The number of unbranched alkanes of at least 4 members (excludes halogenated alkanes) is 1. The van der Waals surface area contributed by atoms with Gasteiger partial charge in [0.15, 0.2) is 11.6 Å². The lowest BCUT2D eigenvalue weighted by atomic mass is 10.2. The number of hydrogen-bond acceptors (Lipinski definition) is 10. The lowest BCUT2D eigenvalue weighted by molar-refractivity contribution is -0.537. The van der Waals surface area contributed by atoms with Crippen molar-refractivity contribution in [2.24, 2.45) is 0 Å². The topological polar surface area (TPSA) is 99.6 Å². The van der Waals surface area contributed by atoms with Gasteiger partial charge in [-0.2, -0.15) is 48.3 Å². The van der Waals surface area contributed by atoms with Crippen molar-refractivity contribution < 1.29 is 86.2 Å². The van der Waals surface area contributed by atoms with Crippen molar-refractivity contribution in [2.45, 2.75) is 43.5 Å². The van der Waals surface area contributed by atoms with Crippen molar-refractivity contribution in [2.75, 3.05) is 66.6 Å². The first-order valence-electron chi connectivity index (χ1n) is 13.8. The molecule has 0 bridgehead atoms. The van der Waals surface area contributed by atoms with Gasteiger partial charge in [0.2, 0.25) is 0 Å². The predicted molar refractivity (Wildman–Crippen MR) is 140 cm³/mol. The Bertz CT molecular complexity index is 1190. The highest BCUT2D eigenvalue weighted by Crippen LogP contribution is 2.47. The molecule has 0 saturated heterocycles. The van der Waals surface area contributed by atoms with Gasteiger partial charge in [0.25, 0.3) is 0 Å². The van der Waals surface area contributed by atoms with Crippen molar-refractivity contribution in [3.63, 3.8) is 0 Å². The predicted octanol–water partition coefficient (Wildman–Crippen LogP) is 6.34. The lowest BCUT2D eigenvalue weighted by Gasteiger charge is -2.31. The molecule has 0 saturated carbocycles. The average Bonchev–Trinajstić information content (AvgIpc) is 2.99. The summed E-state index contributed by atoms with van der Waals surface area (Å²) in [4.78, 5) is 8.46. The Labute approximate surface area is 266 Å². The van der Waals surface area contributed by atoms with Crippen LogP contribution in [0.1, 0.15) is 12.8 Å². The maximum absolute atomic E-state index is 13.5. The van der Waals surface area contributed by atoms with Gasteiger partial charge < -0.3 is 28.4 Å². The summed E-state index contributed by atoms with van der Waals surface area (Å²) in [6.45, 7) is -0.130. The molecule has 0 atom stereocenters. The Morgan fingerprint density at radius 3 is 1.65 bits per heavy atom. The number of rotatable bonds is 24. The minimum Gasteiger partial charge on any atom is -0.494 e. The van der Waals surface area contributed by atoms with Crippen LogP contribution in [0.15, 0.2) is 36.7 Å². The molecule has 274 valence electrons. The molecule has 1 heterocycles. The van der Waals surface area contributed by atoms with Crippen LogP contribution in [0.2, 0.25) is 0 Å². The highest BCUT2D eigenvalue weighted by molar-refractivity contribution is 5.56. The summed E-state index contributed by atoms with van der Waals surface area (Å²) in [5.41, 5.74) is 0.645. The number of halogens is 11. The number of alkyl halides is 11. The van der Waals surface area contributed by atoms with E-state index in [1.165, 1.54) is 12.4 Å². The molecule has 0 unspecified atom stereocenters. The van der Waals surface area contributed by atoms with Crippen LogP contribution in [0.5, 0.6) is 11.5 Å². The number of benzene rings is 1. The van der Waals surface area contributed by atoms with Crippen molar-refractivity contribution in [1.29, 1.82) is 0 Å². The van der Waals surface area contributed by atoms with Gasteiger partial charge in [0.05, 0.1) is 52.0 Å². The van der Waals surface area contributed by atoms with E-state index in [2.05, 4.69) is 19.4 Å². The van der Waals surface area contributed by atoms with Crippen LogP contribution in [-0.2, 0) is 28.4 Å². The number of aromatic nitrogens is 2. The molecule has 1 aromatic carbocycles. The van der Waals surface area contributed by atoms with Crippen molar-refractivity contribution in [3.8, 4) is 22.9 Å². The third-order valence-electron chi connectivity index (χ3n) is 5.47. The van der Waals surface area contributed by atoms with Gasteiger partial charge in [-0.05, 0) is 37.1 Å². The molecule has 0 aliphatic carbocycles. The van der Waals surface area contributed by atoms with Gasteiger partial charge in [-0.25, -0.2) is 19.4 Å². The van der Waals surface area contributed by atoms with Crippen molar-refractivity contribution >= 4 is 0 Å². The Morgan fingerprint density at radius 1 is 0.542 bits per heavy atom. The van der Waals surface area contributed by atoms with E-state index < -0.39 is 43.8 Å². The van der Waals surface area contributed by atoms with E-state index in [9.17, 15) is 48.3 Å².